The molecule has 1 atom stereocenters. The Hall–Kier alpha value is -2.78. The Morgan fingerprint density at radius 2 is 2.21 bits per heavy atom. The average molecular weight is 343 g/mol. The normalized spacial score (nSPS) is 12.7. The first-order valence-electron chi connectivity index (χ1n) is 7.08. The third-order valence-corrected chi connectivity index (χ3v) is 3.15. The summed E-state index contributed by atoms with van der Waals surface area (Å²) in [5.74, 6) is 0.0374. The van der Waals surface area contributed by atoms with Crippen molar-refractivity contribution in [1.29, 1.82) is 0 Å². The first-order valence-corrected chi connectivity index (χ1v) is 7.08. The number of nitrogens with one attached hydrogen (secondary N) is 3. The van der Waals surface area contributed by atoms with E-state index in [0.29, 0.717) is 18.8 Å². The highest BCUT2D eigenvalue weighted by Gasteiger charge is 2.31. The van der Waals surface area contributed by atoms with E-state index in [2.05, 4.69) is 15.7 Å². The fraction of sp³-hybridized carbons (Fsp3) is 0.357. The lowest BCUT2D eigenvalue weighted by Crippen LogP contribution is -2.35. The standard InChI is InChI=1S/C14H16F3N5O2/c1-9(8-22-4-2-3-20-22)6-19-13(24)21-11-5-10(14(15,16)17)7-18-12(11)23/h2-5,7,9H,6,8H2,1H3,(H,18,23)(H2,19,21,24)/t9-/m0/s1. The molecule has 0 saturated heterocycles. The van der Waals surface area contributed by atoms with Gasteiger partial charge in [0.1, 0.15) is 5.69 Å². The third-order valence-electron chi connectivity index (χ3n) is 3.15. The SMILES string of the molecule is C[C@@H](CNC(=O)Nc1cc(C(F)(F)F)c[nH]c1=O)Cn1cccn1. The van der Waals surface area contributed by atoms with Crippen LogP contribution in [0.5, 0.6) is 0 Å². The van der Waals surface area contributed by atoms with Crippen LogP contribution >= 0.6 is 0 Å². The van der Waals surface area contributed by atoms with Crippen molar-refractivity contribution < 1.29 is 18.0 Å². The molecule has 3 N–H and O–H groups in total. The number of alkyl halides is 3. The topological polar surface area (TPSA) is 91.8 Å². The van der Waals surface area contributed by atoms with Crippen LogP contribution in [0.2, 0.25) is 0 Å². The summed E-state index contributed by atoms with van der Waals surface area (Å²) in [6.07, 6.45) is -0.654. The molecule has 0 radical (unpaired) electrons. The van der Waals surface area contributed by atoms with Crippen LogP contribution in [0.15, 0.2) is 35.5 Å². The molecular formula is C14H16F3N5O2. The van der Waals surface area contributed by atoms with Gasteiger partial charge in [-0.2, -0.15) is 18.3 Å². The van der Waals surface area contributed by atoms with Crippen molar-refractivity contribution in [2.75, 3.05) is 11.9 Å². The summed E-state index contributed by atoms with van der Waals surface area (Å²) >= 11 is 0. The quantitative estimate of drug-likeness (QED) is 0.776. The first kappa shape index (κ1) is 17.6. The van der Waals surface area contributed by atoms with Gasteiger partial charge in [-0.25, -0.2) is 4.79 Å². The Bertz CT molecular complexity index is 740. The molecule has 10 heteroatoms. The van der Waals surface area contributed by atoms with Crippen LogP contribution < -0.4 is 16.2 Å². The number of hydrogen-bond donors (Lipinski definition) is 3. The average Bonchev–Trinajstić information content (AvgIpc) is 2.99. The van der Waals surface area contributed by atoms with Crippen LogP contribution in [0.4, 0.5) is 23.7 Å². The van der Waals surface area contributed by atoms with Crippen molar-refractivity contribution in [3.63, 3.8) is 0 Å². The van der Waals surface area contributed by atoms with Crippen LogP contribution in [0, 0.1) is 5.92 Å². The van der Waals surface area contributed by atoms with Gasteiger partial charge in [0.2, 0.25) is 0 Å². The number of pyridine rings is 1. The zero-order chi connectivity index (χ0) is 17.7. The van der Waals surface area contributed by atoms with Gasteiger partial charge in [-0.1, -0.05) is 6.92 Å². The summed E-state index contributed by atoms with van der Waals surface area (Å²) in [7, 11) is 0. The van der Waals surface area contributed by atoms with Gasteiger partial charge in [0.05, 0.1) is 5.56 Å². The number of urea groups is 1. The Morgan fingerprint density at radius 1 is 1.46 bits per heavy atom. The second kappa shape index (κ2) is 7.20. The molecule has 0 saturated carbocycles. The smallest absolute Gasteiger partial charge is 0.338 e. The lowest BCUT2D eigenvalue weighted by Gasteiger charge is -2.14. The number of rotatable bonds is 5. The highest BCUT2D eigenvalue weighted by Crippen LogP contribution is 2.29. The Kier molecular flexibility index (Phi) is 5.27. The van der Waals surface area contributed by atoms with Crippen molar-refractivity contribution in [3.05, 3.63) is 46.6 Å². The first-order chi connectivity index (χ1) is 11.3. The van der Waals surface area contributed by atoms with Crippen molar-refractivity contribution in [1.82, 2.24) is 20.1 Å². The van der Waals surface area contributed by atoms with Crippen LogP contribution in [0.25, 0.3) is 0 Å². The zero-order valence-electron chi connectivity index (χ0n) is 12.7. The second-order valence-electron chi connectivity index (χ2n) is 5.30. The molecule has 0 unspecified atom stereocenters. The molecule has 0 aliphatic rings. The number of nitrogens with zero attached hydrogens (tertiary/aromatic N) is 2. The molecule has 2 amide bonds. The number of aromatic amines is 1. The molecule has 0 spiro atoms. The largest absolute Gasteiger partial charge is 0.417 e. The van der Waals surface area contributed by atoms with E-state index in [1.807, 2.05) is 11.9 Å². The highest BCUT2D eigenvalue weighted by atomic mass is 19.4. The predicted molar refractivity (Wildman–Crippen MR) is 80.5 cm³/mol. The van der Waals surface area contributed by atoms with Crippen molar-refractivity contribution in [2.45, 2.75) is 19.6 Å². The van der Waals surface area contributed by atoms with Crippen LogP contribution in [-0.4, -0.2) is 27.3 Å². The number of anilines is 1. The predicted octanol–water partition coefficient (Wildman–Crippen LogP) is 2.05. The van der Waals surface area contributed by atoms with E-state index >= 15 is 0 Å². The molecular weight excluding hydrogens is 327 g/mol. The number of carbonyl (C=O) groups is 1. The maximum Gasteiger partial charge on any atom is 0.417 e. The number of H-pyrrole nitrogens is 1. The summed E-state index contributed by atoms with van der Waals surface area (Å²) in [4.78, 5) is 25.2. The lowest BCUT2D eigenvalue weighted by atomic mass is 10.2. The van der Waals surface area contributed by atoms with Gasteiger partial charge >= 0.3 is 12.2 Å². The molecule has 0 aliphatic carbocycles. The molecule has 2 aromatic rings. The molecule has 130 valence electrons. The zero-order valence-corrected chi connectivity index (χ0v) is 12.7. The summed E-state index contributed by atoms with van der Waals surface area (Å²) in [5.41, 5.74) is -2.34. The van der Waals surface area contributed by atoms with Gasteiger partial charge < -0.3 is 15.6 Å². The van der Waals surface area contributed by atoms with Crippen LogP contribution in [0.1, 0.15) is 12.5 Å². The molecule has 2 heterocycles. The second-order valence-corrected chi connectivity index (χ2v) is 5.30. The third kappa shape index (κ3) is 4.86. The number of carbonyl (C=O) groups excluding carboxylic acids is 1. The van der Waals surface area contributed by atoms with Gasteiger partial charge in [-0.05, 0) is 18.1 Å². The minimum Gasteiger partial charge on any atom is -0.338 e. The minimum absolute atomic E-state index is 0.0374. The Balaban J connectivity index is 1.91. The minimum atomic E-state index is -4.62. The summed E-state index contributed by atoms with van der Waals surface area (Å²) in [5, 5.41) is 8.66. The maximum atomic E-state index is 12.6. The summed E-state index contributed by atoms with van der Waals surface area (Å²) < 4.78 is 39.5. The molecule has 0 aliphatic heterocycles. The summed E-state index contributed by atoms with van der Waals surface area (Å²) in [6.45, 7) is 2.71. The van der Waals surface area contributed by atoms with Gasteiger partial charge in [0.25, 0.3) is 5.56 Å². The highest BCUT2D eigenvalue weighted by molar-refractivity contribution is 5.89. The lowest BCUT2D eigenvalue weighted by molar-refractivity contribution is -0.137. The molecule has 2 aromatic heterocycles. The molecule has 24 heavy (non-hydrogen) atoms. The van der Waals surface area contributed by atoms with Gasteiger partial charge in [-0.3, -0.25) is 9.48 Å². The Labute approximate surface area is 134 Å². The molecule has 0 bridgehead atoms. The van der Waals surface area contributed by atoms with E-state index in [0.717, 1.165) is 0 Å². The number of amides is 2. The van der Waals surface area contributed by atoms with Crippen molar-refractivity contribution in [2.24, 2.45) is 5.92 Å². The number of halogens is 3. The van der Waals surface area contributed by atoms with E-state index in [4.69, 9.17) is 0 Å². The van der Waals surface area contributed by atoms with Crippen LogP contribution in [0.3, 0.4) is 0 Å². The van der Waals surface area contributed by atoms with E-state index in [9.17, 15) is 22.8 Å². The van der Waals surface area contributed by atoms with Gasteiger partial charge in [-0.15, -0.1) is 0 Å². The molecule has 7 nitrogen and oxygen atoms in total. The van der Waals surface area contributed by atoms with Gasteiger partial charge in [0.15, 0.2) is 0 Å². The van der Waals surface area contributed by atoms with E-state index < -0.39 is 29.0 Å². The van der Waals surface area contributed by atoms with Crippen molar-refractivity contribution in [3.8, 4) is 0 Å². The molecule has 2 rings (SSSR count). The van der Waals surface area contributed by atoms with Crippen LogP contribution in [-0.2, 0) is 12.7 Å². The van der Waals surface area contributed by atoms with Gasteiger partial charge in [0, 0.05) is 31.7 Å². The fourth-order valence-electron chi connectivity index (χ4n) is 1.97. The Morgan fingerprint density at radius 3 is 2.83 bits per heavy atom. The number of aromatic nitrogens is 3. The number of hydrogen-bond acceptors (Lipinski definition) is 3. The van der Waals surface area contributed by atoms with Crippen molar-refractivity contribution >= 4 is 11.7 Å². The van der Waals surface area contributed by atoms with E-state index in [1.165, 1.54) is 0 Å². The molecule has 0 fully saturated rings. The molecule has 0 aromatic carbocycles. The van der Waals surface area contributed by atoms with E-state index in [1.54, 1.807) is 23.1 Å². The fourth-order valence-corrected chi connectivity index (χ4v) is 1.97. The maximum absolute atomic E-state index is 12.6. The van der Waals surface area contributed by atoms with E-state index in [-0.39, 0.29) is 12.5 Å². The summed E-state index contributed by atoms with van der Waals surface area (Å²) in [6, 6.07) is 1.60. The monoisotopic (exact) mass is 343 g/mol.